The zero-order valence-corrected chi connectivity index (χ0v) is 19.8. The molecule has 2 N–H and O–H groups in total. The van der Waals surface area contributed by atoms with Crippen molar-refractivity contribution in [3.8, 4) is 0 Å². The molecule has 2 atom stereocenters. The standard InChI is InChI=1S/C27H36N2O4/c1-3-9-23(22-10-5-6-11-24(22)29-16-7-4-8-17-29)25(26(28)30)20-12-14-21(15-13-20)27(31)33-19-18-32-2/h5-6,10-15,23,25H,3-4,7-9,16-19H2,1-2H3,(H2,28,30). The fourth-order valence-corrected chi connectivity index (χ4v) is 4.76. The van der Waals surface area contributed by atoms with Gasteiger partial charge in [-0.1, -0.05) is 43.7 Å². The molecule has 0 bridgehead atoms. The maximum atomic E-state index is 12.8. The topological polar surface area (TPSA) is 81.9 Å². The number of hydrogen-bond donors (Lipinski definition) is 1. The van der Waals surface area contributed by atoms with E-state index in [9.17, 15) is 9.59 Å². The first-order valence-electron chi connectivity index (χ1n) is 12.0. The fraction of sp³-hybridized carbons (Fsp3) is 0.481. The Bertz CT molecular complexity index is 907. The lowest BCUT2D eigenvalue weighted by atomic mass is 9.77. The first-order valence-corrected chi connectivity index (χ1v) is 12.0. The van der Waals surface area contributed by atoms with Crippen molar-refractivity contribution >= 4 is 17.6 Å². The molecule has 2 aromatic carbocycles. The van der Waals surface area contributed by atoms with Gasteiger partial charge in [0.15, 0.2) is 0 Å². The van der Waals surface area contributed by atoms with E-state index < -0.39 is 11.9 Å². The van der Waals surface area contributed by atoms with Gasteiger partial charge >= 0.3 is 5.97 Å². The summed E-state index contributed by atoms with van der Waals surface area (Å²) in [5.41, 5.74) is 9.63. The van der Waals surface area contributed by atoms with Crippen LogP contribution in [-0.2, 0) is 14.3 Å². The number of methoxy groups -OCH3 is 1. The number of nitrogens with zero attached hydrogens (tertiary/aromatic N) is 1. The number of carbonyl (C=O) groups is 2. The molecule has 6 heteroatoms. The van der Waals surface area contributed by atoms with Crippen molar-refractivity contribution in [2.45, 2.75) is 50.9 Å². The van der Waals surface area contributed by atoms with Gasteiger partial charge in [0, 0.05) is 31.8 Å². The molecule has 1 heterocycles. The highest BCUT2D eigenvalue weighted by Gasteiger charge is 2.31. The van der Waals surface area contributed by atoms with Crippen LogP contribution in [0.25, 0.3) is 0 Å². The Morgan fingerprint density at radius 2 is 1.70 bits per heavy atom. The van der Waals surface area contributed by atoms with E-state index in [1.165, 1.54) is 30.5 Å². The van der Waals surface area contributed by atoms with Crippen LogP contribution in [0.4, 0.5) is 5.69 Å². The monoisotopic (exact) mass is 452 g/mol. The fourth-order valence-electron chi connectivity index (χ4n) is 4.76. The third-order valence-electron chi connectivity index (χ3n) is 6.37. The summed E-state index contributed by atoms with van der Waals surface area (Å²) in [7, 11) is 1.56. The van der Waals surface area contributed by atoms with E-state index in [0.717, 1.165) is 31.5 Å². The van der Waals surface area contributed by atoms with Crippen LogP contribution < -0.4 is 10.6 Å². The highest BCUT2D eigenvalue weighted by Crippen LogP contribution is 2.41. The number of nitrogens with two attached hydrogens (primary N) is 1. The number of ether oxygens (including phenoxy) is 2. The molecule has 0 aliphatic carbocycles. The maximum Gasteiger partial charge on any atom is 0.338 e. The summed E-state index contributed by atoms with van der Waals surface area (Å²) in [6.07, 6.45) is 5.43. The second-order valence-corrected chi connectivity index (χ2v) is 8.63. The average Bonchev–Trinajstić information content (AvgIpc) is 2.84. The molecule has 178 valence electrons. The van der Waals surface area contributed by atoms with Crippen molar-refractivity contribution in [1.29, 1.82) is 0 Å². The van der Waals surface area contributed by atoms with E-state index in [1.54, 1.807) is 19.2 Å². The zero-order chi connectivity index (χ0) is 23.6. The number of amides is 1. The van der Waals surface area contributed by atoms with Crippen molar-refractivity contribution in [3.63, 3.8) is 0 Å². The normalized spacial score (nSPS) is 15.6. The molecule has 3 rings (SSSR count). The number of esters is 1. The molecule has 0 aromatic heterocycles. The molecule has 0 radical (unpaired) electrons. The van der Waals surface area contributed by atoms with E-state index in [2.05, 4.69) is 30.0 Å². The van der Waals surface area contributed by atoms with Crippen LogP contribution in [0.5, 0.6) is 0 Å². The van der Waals surface area contributed by atoms with Crippen molar-refractivity contribution in [3.05, 3.63) is 65.2 Å². The van der Waals surface area contributed by atoms with Gasteiger partial charge in [0.25, 0.3) is 0 Å². The number of rotatable bonds is 11. The average molecular weight is 453 g/mol. The van der Waals surface area contributed by atoms with Gasteiger partial charge in [0.05, 0.1) is 18.1 Å². The van der Waals surface area contributed by atoms with Gasteiger partial charge in [0.1, 0.15) is 6.61 Å². The van der Waals surface area contributed by atoms with Crippen molar-refractivity contribution < 1.29 is 19.1 Å². The quantitative estimate of drug-likeness (QED) is 0.397. The Morgan fingerprint density at radius 1 is 1.00 bits per heavy atom. The Hall–Kier alpha value is -2.86. The summed E-state index contributed by atoms with van der Waals surface area (Å²) in [5.74, 6) is -1.27. The van der Waals surface area contributed by atoms with Crippen molar-refractivity contribution in [2.24, 2.45) is 5.73 Å². The van der Waals surface area contributed by atoms with Crippen LogP contribution >= 0.6 is 0 Å². The minimum atomic E-state index is -0.477. The summed E-state index contributed by atoms with van der Waals surface area (Å²) in [6, 6.07) is 15.5. The summed E-state index contributed by atoms with van der Waals surface area (Å²) in [6.45, 7) is 4.76. The van der Waals surface area contributed by atoms with Crippen LogP contribution in [0.3, 0.4) is 0 Å². The molecule has 1 fully saturated rings. The Labute approximate surface area is 197 Å². The number of anilines is 1. The minimum Gasteiger partial charge on any atom is -0.460 e. The molecule has 2 unspecified atom stereocenters. The van der Waals surface area contributed by atoms with E-state index in [4.69, 9.17) is 15.2 Å². The largest absolute Gasteiger partial charge is 0.460 e. The molecule has 1 amide bonds. The van der Waals surface area contributed by atoms with E-state index in [0.29, 0.717) is 12.2 Å². The second kappa shape index (κ2) is 12.4. The molecular formula is C27H36N2O4. The smallest absolute Gasteiger partial charge is 0.338 e. The van der Waals surface area contributed by atoms with Crippen LogP contribution in [0.2, 0.25) is 0 Å². The Balaban J connectivity index is 1.91. The van der Waals surface area contributed by atoms with Crippen LogP contribution in [-0.4, -0.2) is 45.3 Å². The zero-order valence-electron chi connectivity index (χ0n) is 19.8. The minimum absolute atomic E-state index is 0.0369. The predicted molar refractivity (Wildman–Crippen MR) is 131 cm³/mol. The van der Waals surface area contributed by atoms with E-state index >= 15 is 0 Å². The van der Waals surface area contributed by atoms with Gasteiger partial charge < -0.3 is 20.1 Å². The lowest BCUT2D eigenvalue weighted by Crippen LogP contribution is -2.32. The Kier molecular flexibility index (Phi) is 9.31. The van der Waals surface area contributed by atoms with Gasteiger partial charge in [0.2, 0.25) is 5.91 Å². The maximum absolute atomic E-state index is 12.8. The first-order chi connectivity index (χ1) is 16.1. The van der Waals surface area contributed by atoms with Crippen molar-refractivity contribution in [1.82, 2.24) is 0 Å². The van der Waals surface area contributed by atoms with Gasteiger partial charge in [-0.3, -0.25) is 4.79 Å². The SMILES string of the molecule is CCCC(c1ccccc1N1CCCCC1)C(C(N)=O)c1ccc(C(=O)OCCOC)cc1. The molecule has 1 aliphatic rings. The molecule has 0 saturated carbocycles. The first kappa shape index (κ1) is 24.8. The highest BCUT2D eigenvalue weighted by molar-refractivity contribution is 5.90. The second-order valence-electron chi connectivity index (χ2n) is 8.63. The molecular weight excluding hydrogens is 416 g/mol. The van der Waals surface area contributed by atoms with Gasteiger partial charge in [-0.2, -0.15) is 0 Å². The summed E-state index contributed by atoms with van der Waals surface area (Å²) in [4.78, 5) is 27.5. The van der Waals surface area contributed by atoms with E-state index in [-0.39, 0.29) is 18.4 Å². The number of piperidine rings is 1. The number of benzene rings is 2. The van der Waals surface area contributed by atoms with Crippen molar-refractivity contribution in [2.75, 3.05) is 38.3 Å². The molecule has 6 nitrogen and oxygen atoms in total. The number of primary amides is 1. The van der Waals surface area contributed by atoms with Gasteiger partial charge in [-0.15, -0.1) is 0 Å². The third kappa shape index (κ3) is 6.35. The van der Waals surface area contributed by atoms with Crippen LogP contribution in [0.15, 0.2) is 48.5 Å². The lowest BCUT2D eigenvalue weighted by molar-refractivity contribution is -0.120. The van der Waals surface area contributed by atoms with Crippen LogP contribution in [0, 0.1) is 0 Å². The predicted octanol–water partition coefficient (Wildman–Crippen LogP) is 4.63. The van der Waals surface area contributed by atoms with Crippen LogP contribution in [0.1, 0.15) is 72.3 Å². The summed E-state index contributed by atoms with van der Waals surface area (Å²) >= 11 is 0. The summed E-state index contributed by atoms with van der Waals surface area (Å²) in [5, 5.41) is 0. The number of hydrogen-bond acceptors (Lipinski definition) is 5. The van der Waals surface area contributed by atoms with Gasteiger partial charge in [-0.25, -0.2) is 4.79 Å². The van der Waals surface area contributed by atoms with Gasteiger partial charge in [-0.05, 0) is 55.0 Å². The lowest BCUT2D eigenvalue weighted by Gasteiger charge is -2.34. The molecule has 1 saturated heterocycles. The Morgan fingerprint density at radius 3 is 2.33 bits per heavy atom. The highest BCUT2D eigenvalue weighted by atomic mass is 16.6. The third-order valence-corrected chi connectivity index (χ3v) is 6.37. The molecule has 2 aromatic rings. The molecule has 1 aliphatic heterocycles. The number of para-hydroxylation sites is 1. The molecule has 33 heavy (non-hydrogen) atoms. The molecule has 0 spiro atoms. The number of carbonyl (C=O) groups excluding carboxylic acids is 2. The van der Waals surface area contributed by atoms with E-state index in [1.807, 2.05) is 18.2 Å². The summed E-state index contributed by atoms with van der Waals surface area (Å²) < 4.78 is 10.1.